The summed E-state index contributed by atoms with van der Waals surface area (Å²) in [6.07, 6.45) is 1.93. The summed E-state index contributed by atoms with van der Waals surface area (Å²) in [5.74, 6) is 2.40. The Morgan fingerprint density at radius 2 is 0.957 bits per heavy atom. The second kappa shape index (κ2) is 17.3. The Morgan fingerprint density at radius 3 is 1.59 bits per heavy atom. The molecule has 0 spiro atoms. The minimum Gasteiger partial charge on any atom is -0.457 e. The second-order valence-corrected chi connectivity index (χ2v) is 21.8. The van der Waals surface area contributed by atoms with Crippen molar-refractivity contribution < 1.29 is 4.74 Å². The molecule has 1 aliphatic rings. The van der Waals surface area contributed by atoms with Crippen LogP contribution in [0.5, 0.6) is 11.5 Å². The van der Waals surface area contributed by atoms with Gasteiger partial charge in [0.05, 0.1) is 29.1 Å². The van der Waals surface area contributed by atoms with E-state index in [0.717, 1.165) is 50.6 Å². The van der Waals surface area contributed by atoms with Crippen LogP contribution in [0.15, 0.2) is 206 Å². The molecular weight excluding hydrogens is 841 g/mol. The summed E-state index contributed by atoms with van der Waals surface area (Å²) in [4.78, 5) is 10.1. The molecule has 5 nitrogen and oxygen atoms in total. The Labute approximate surface area is 409 Å². The van der Waals surface area contributed by atoms with Gasteiger partial charge in [0.25, 0.3) is 0 Å². The van der Waals surface area contributed by atoms with E-state index in [1.54, 1.807) is 0 Å². The molecule has 346 valence electrons. The van der Waals surface area contributed by atoms with Gasteiger partial charge in [-0.25, -0.2) is 4.98 Å². The SMILES string of the molecule is CC(C)(C)c1cccc(N2CN(c3cc(Oc4ccc5c6ccccc6n(-c6cc(C(C)(C)C)ccn6)c5c4)cc(-c4ccccc4)c3)C(C(C)(C)c3ccccc3)=C2C(C)(C)c2ccccc2)c1. The molecule has 69 heavy (non-hydrogen) atoms. The third-order valence-electron chi connectivity index (χ3n) is 14.3. The van der Waals surface area contributed by atoms with Crippen LogP contribution in [0, 0.1) is 0 Å². The fourth-order valence-corrected chi connectivity index (χ4v) is 10.3. The van der Waals surface area contributed by atoms with Gasteiger partial charge in [-0.2, -0.15) is 0 Å². The Balaban J connectivity index is 1.18. The van der Waals surface area contributed by atoms with Gasteiger partial charge in [-0.1, -0.05) is 191 Å². The van der Waals surface area contributed by atoms with Gasteiger partial charge in [0.2, 0.25) is 0 Å². The van der Waals surface area contributed by atoms with E-state index < -0.39 is 10.8 Å². The average molecular weight is 905 g/mol. The number of anilines is 2. The van der Waals surface area contributed by atoms with Crippen molar-refractivity contribution in [3.05, 3.63) is 228 Å². The largest absolute Gasteiger partial charge is 0.457 e. The maximum Gasteiger partial charge on any atom is 0.137 e. The fraction of sp³-hybridized carbons (Fsp3) is 0.234. The van der Waals surface area contributed by atoms with E-state index in [-0.39, 0.29) is 10.8 Å². The molecule has 2 aromatic heterocycles. The molecule has 0 saturated heterocycles. The van der Waals surface area contributed by atoms with E-state index in [1.165, 1.54) is 44.7 Å². The monoisotopic (exact) mass is 905 g/mol. The van der Waals surface area contributed by atoms with E-state index in [2.05, 4.69) is 272 Å². The highest BCUT2D eigenvalue weighted by atomic mass is 16.5. The number of rotatable bonds is 10. The van der Waals surface area contributed by atoms with Crippen LogP contribution in [0.1, 0.15) is 91.5 Å². The molecule has 0 atom stereocenters. The van der Waals surface area contributed by atoms with E-state index in [4.69, 9.17) is 9.72 Å². The summed E-state index contributed by atoms with van der Waals surface area (Å²) in [5, 5.41) is 2.33. The lowest BCUT2D eigenvalue weighted by Gasteiger charge is -2.38. The Morgan fingerprint density at radius 1 is 0.406 bits per heavy atom. The quantitative estimate of drug-likeness (QED) is 0.137. The number of fused-ring (bicyclic) bond motifs is 3. The molecule has 0 fully saturated rings. The normalized spacial score (nSPS) is 13.8. The summed E-state index contributed by atoms with van der Waals surface area (Å²) < 4.78 is 9.44. The van der Waals surface area contributed by atoms with Crippen molar-refractivity contribution in [2.24, 2.45) is 0 Å². The van der Waals surface area contributed by atoms with Gasteiger partial charge in [-0.05, 0) is 98.8 Å². The minimum atomic E-state index is -0.431. The standard InChI is InChI=1S/C64H64N4O/c1-61(2,3)48-29-22-30-50(39-48)66-43-67(60(64(9,10)47-27-18-13-19-28-47)59(66)63(7,8)46-25-16-12-17-26-46)51-37-45(44-23-14-11-15-24-44)38-53(41-51)69-52-33-34-55-54-31-20-21-32-56(54)68(57(55)42-52)58-40-49(35-36-65-58)62(4,5)6/h11-42H,43H2,1-10H3. The van der Waals surface area contributed by atoms with Crippen molar-refractivity contribution >= 4 is 33.2 Å². The van der Waals surface area contributed by atoms with E-state index >= 15 is 0 Å². The van der Waals surface area contributed by atoms with Crippen LogP contribution in [0.3, 0.4) is 0 Å². The molecule has 7 aromatic carbocycles. The van der Waals surface area contributed by atoms with Crippen LogP contribution in [-0.2, 0) is 21.7 Å². The molecule has 0 bridgehead atoms. The van der Waals surface area contributed by atoms with Crippen LogP contribution < -0.4 is 14.5 Å². The highest BCUT2D eigenvalue weighted by molar-refractivity contribution is 6.09. The summed E-state index contributed by atoms with van der Waals surface area (Å²) in [6.45, 7) is 23.8. The first kappa shape index (κ1) is 45.4. The molecule has 0 radical (unpaired) electrons. The molecular formula is C64H64N4O. The smallest absolute Gasteiger partial charge is 0.137 e. The highest BCUT2D eigenvalue weighted by Gasteiger charge is 2.46. The van der Waals surface area contributed by atoms with Gasteiger partial charge in [0.15, 0.2) is 0 Å². The molecule has 0 saturated carbocycles. The predicted molar refractivity (Wildman–Crippen MR) is 290 cm³/mol. The number of hydrogen-bond donors (Lipinski definition) is 0. The zero-order chi connectivity index (χ0) is 48.3. The Hall–Kier alpha value is -7.37. The van der Waals surface area contributed by atoms with E-state index in [1.807, 2.05) is 6.20 Å². The van der Waals surface area contributed by atoms with Crippen LogP contribution in [0.2, 0.25) is 0 Å². The first-order valence-electron chi connectivity index (χ1n) is 24.4. The number of aromatic nitrogens is 2. The van der Waals surface area contributed by atoms with Crippen molar-refractivity contribution in [1.29, 1.82) is 0 Å². The molecule has 10 rings (SSSR count). The Kier molecular flexibility index (Phi) is 11.4. The summed E-state index contributed by atoms with van der Waals surface area (Å²) >= 11 is 0. The van der Waals surface area contributed by atoms with Gasteiger partial charge in [-0.3, -0.25) is 4.57 Å². The number of benzene rings is 7. The van der Waals surface area contributed by atoms with Gasteiger partial charge in [0, 0.05) is 51.3 Å². The summed E-state index contributed by atoms with van der Waals surface area (Å²) in [5.41, 5.74) is 13.2. The first-order valence-corrected chi connectivity index (χ1v) is 24.4. The number of allylic oxidation sites excluding steroid dienone is 2. The summed E-state index contributed by atoms with van der Waals surface area (Å²) in [6, 6.07) is 68.1. The van der Waals surface area contributed by atoms with Crippen LogP contribution in [0.4, 0.5) is 11.4 Å². The third-order valence-corrected chi connectivity index (χ3v) is 14.3. The van der Waals surface area contributed by atoms with Crippen LogP contribution in [0.25, 0.3) is 38.8 Å². The summed E-state index contributed by atoms with van der Waals surface area (Å²) in [7, 11) is 0. The number of para-hydroxylation sites is 1. The first-order chi connectivity index (χ1) is 33.0. The average Bonchev–Trinajstić information content (AvgIpc) is 3.93. The molecule has 5 heteroatoms. The van der Waals surface area contributed by atoms with Crippen molar-refractivity contribution in [1.82, 2.24) is 9.55 Å². The van der Waals surface area contributed by atoms with E-state index in [9.17, 15) is 0 Å². The van der Waals surface area contributed by atoms with Gasteiger partial charge in [-0.15, -0.1) is 0 Å². The maximum absolute atomic E-state index is 7.16. The van der Waals surface area contributed by atoms with Gasteiger partial charge < -0.3 is 14.5 Å². The molecule has 3 heterocycles. The number of pyridine rings is 1. The van der Waals surface area contributed by atoms with Crippen molar-refractivity contribution in [2.75, 3.05) is 16.5 Å². The number of ether oxygens (including phenoxy) is 1. The lowest BCUT2D eigenvalue weighted by atomic mass is 9.73. The molecule has 9 aromatic rings. The van der Waals surface area contributed by atoms with Crippen LogP contribution in [-0.4, -0.2) is 16.2 Å². The van der Waals surface area contributed by atoms with Crippen LogP contribution >= 0.6 is 0 Å². The topological polar surface area (TPSA) is 33.5 Å². The number of hydrogen-bond acceptors (Lipinski definition) is 4. The highest BCUT2D eigenvalue weighted by Crippen LogP contribution is 2.51. The molecule has 0 N–H and O–H groups in total. The Bertz CT molecular complexity index is 3350. The predicted octanol–water partition coefficient (Wildman–Crippen LogP) is 16.7. The molecule has 0 amide bonds. The fourth-order valence-electron chi connectivity index (χ4n) is 10.3. The van der Waals surface area contributed by atoms with E-state index in [0.29, 0.717) is 6.67 Å². The minimum absolute atomic E-state index is 0.0268. The lowest BCUT2D eigenvalue weighted by Crippen LogP contribution is -2.34. The van der Waals surface area contributed by atoms with Crippen molar-refractivity contribution in [3.63, 3.8) is 0 Å². The zero-order valence-electron chi connectivity index (χ0n) is 41.9. The van der Waals surface area contributed by atoms with Gasteiger partial charge in [0.1, 0.15) is 17.3 Å². The lowest BCUT2D eigenvalue weighted by molar-refractivity contribution is 0.483. The molecule has 0 unspecified atom stereocenters. The third kappa shape index (κ3) is 8.50. The molecule has 1 aliphatic heterocycles. The second-order valence-electron chi connectivity index (χ2n) is 21.8. The van der Waals surface area contributed by atoms with Gasteiger partial charge >= 0.3 is 0 Å². The maximum atomic E-state index is 7.16. The van der Waals surface area contributed by atoms with Crippen molar-refractivity contribution in [2.45, 2.75) is 90.9 Å². The zero-order valence-corrected chi connectivity index (χ0v) is 41.9. The molecule has 0 aliphatic carbocycles. The number of nitrogens with zero attached hydrogens (tertiary/aromatic N) is 4. The van der Waals surface area contributed by atoms with Crippen molar-refractivity contribution in [3.8, 4) is 28.4 Å².